The summed E-state index contributed by atoms with van der Waals surface area (Å²) < 4.78 is 42.8. The summed E-state index contributed by atoms with van der Waals surface area (Å²) in [7, 11) is 1.37. The Morgan fingerprint density at radius 1 is 1.22 bits per heavy atom. The van der Waals surface area contributed by atoms with Crippen LogP contribution in [0.5, 0.6) is 0 Å². The highest BCUT2D eigenvalue weighted by atomic mass is 19.4. The third-order valence-electron chi connectivity index (χ3n) is 4.78. The quantitative estimate of drug-likeness (QED) is 0.854. The first-order valence-electron chi connectivity index (χ1n) is 7.65. The zero-order valence-electron chi connectivity index (χ0n) is 13.5. The van der Waals surface area contributed by atoms with E-state index in [-0.39, 0.29) is 17.9 Å². The van der Waals surface area contributed by atoms with Crippen LogP contribution in [-0.4, -0.2) is 19.6 Å². The highest BCUT2D eigenvalue weighted by Crippen LogP contribution is 2.40. The Morgan fingerprint density at radius 2 is 1.83 bits per heavy atom. The fraction of sp³-hybridized carbons (Fsp3) is 0.588. The van der Waals surface area contributed by atoms with Gasteiger partial charge in [0.15, 0.2) is 0 Å². The number of carbonyl (C=O) groups is 1. The van der Waals surface area contributed by atoms with Crippen LogP contribution in [-0.2, 0) is 15.7 Å². The van der Waals surface area contributed by atoms with Gasteiger partial charge in [-0.25, -0.2) is 0 Å². The fourth-order valence-corrected chi connectivity index (χ4v) is 3.16. The Hall–Kier alpha value is -1.56. The number of halogens is 3. The molecule has 2 atom stereocenters. The number of methoxy groups -OCH3 is 1. The van der Waals surface area contributed by atoms with Crippen LogP contribution in [0.15, 0.2) is 24.3 Å². The Kier molecular flexibility index (Phi) is 5.04. The number of hydrogen-bond donors (Lipinski definition) is 1. The third kappa shape index (κ3) is 3.86. The second kappa shape index (κ2) is 6.51. The van der Waals surface area contributed by atoms with Crippen molar-refractivity contribution in [2.45, 2.75) is 38.9 Å². The van der Waals surface area contributed by atoms with Crippen molar-refractivity contribution in [2.75, 3.05) is 13.7 Å². The molecule has 0 saturated carbocycles. The molecule has 0 radical (unpaired) electrons. The molecule has 1 N–H and O–H groups in total. The Labute approximate surface area is 134 Å². The number of rotatable bonds is 3. The highest BCUT2D eigenvalue weighted by molar-refractivity contribution is 5.76. The molecule has 2 unspecified atom stereocenters. The van der Waals surface area contributed by atoms with Gasteiger partial charge in [-0.05, 0) is 56.8 Å². The lowest BCUT2D eigenvalue weighted by Crippen LogP contribution is -2.42. The van der Waals surface area contributed by atoms with E-state index in [0.717, 1.165) is 30.7 Å². The summed E-state index contributed by atoms with van der Waals surface area (Å²) >= 11 is 0. The Bertz CT molecular complexity index is 552. The van der Waals surface area contributed by atoms with Gasteiger partial charge in [-0.3, -0.25) is 4.79 Å². The van der Waals surface area contributed by atoms with Crippen LogP contribution in [0, 0.1) is 11.3 Å². The zero-order chi connectivity index (χ0) is 17.3. The first kappa shape index (κ1) is 17.8. The molecule has 0 aromatic heterocycles. The number of piperidine rings is 1. The van der Waals surface area contributed by atoms with Crippen LogP contribution in [0.3, 0.4) is 0 Å². The monoisotopic (exact) mass is 329 g/mol. The SMILES string of the molecule is COC(=O)C(C)(C)C1CCNC(c2ccc(C(F)(F)F)cc2)C1. The summed E-state index contributed by atoms with van der Waals surface area (Å²) in [5.41, 5.74) is -0.451. The first-order valence-corrected chi connectivity index (χ1v) is 7.65. The first-order chi connectivity index (χ1) is 10.7. The fourth-order valence-electron chi connectivity index (χ4n) is 3.16. The third-order valence-corrected chi connectivity index (χ3v) is 4.78. The van der Waals surface area contributed by atoms with Gasteiger partial charge in [-0.1, -0.05) is 12.1 Å². The molecule has 1 fully saturated rings. The predicted octanol–water partition coefficient (Wildman–Crippen LogP) is 3.95. The molecule has 0 amide bonds. The van der Waals surface area contributed by atoms with Gasteiger partial charge in [0.2, 0.25) is 0 Å². The van der Waals surface area contributed by atoms with Gasteiger partial charge in [-0.2, -0.15) is 13.2 Å². The van der Waals surface area contributed by atoms with E-state index in [4.69, 9.17) is 4.74 Å². The van der Waals surface area contributed by atoms with E-state index < -0.39 is 17.2 Å². The lowest BCUT2D eigenvalue weighted by atomic mass is 9.71. The standard InChI is InChI=1S/C17H22F3NO2/c1-16(2,15(22)23-3)13-8-9-21-14(10-13)11-4-6-12(7-5-11)17(18,19)20/h4-7,13-14,21H,8-10H2,1-3H3. The second-order valence-electron chi connectivity index (χ2n) is 6.56. The van der Waals surface area contributed by atoms with E-state index in [1.54, 1.807) is 0 Å². The van der Waals surface area contributed by atoms with Crippen LogP contribution in [0.1, 0.15) is 43.9 Å². The number of ether oxygens (including phenoxy) is 1. The molecule has 1 aromatic carbocycles. The number of esters is 1. The molecule has 1 saturated heterocycles. The van der Waals surface area contributed by atoms with Crippen molar-refractivity contribution in [3.8, 4) is 0 Å². The van der Waals surface area contributed by atoms with Crippen molar-refractivity contribution >= 4 is 5.97 Å². The Balaban J connectivity index is 2.14. The molecule has 1 heterocycles. The summed E-state index contributed by atoms with van der Waals surface area (Å²) in [4.78, 5) is 12.0. The number of alkyl halides is 3. The van der Waals surface area contributed by atoms with Crippen LogP contribution in [0.4, 0.5) is 13.2 Å². The van der Waals surface area contributed by atoms with Crippen molar-refractivity contribution in [3.05, 3.63) is 35.4 Å². The van der Waals surface area contributed by atoms with Gasteiger partial charge in [0, 0.05) is 6.04 Å². The molecule has 1 aliphatic heterocycles. The molecule has 0 aliphatic carbocycles. The van der Waals surface area contributed by atoms with Crippen molar-refractivity contribution < 1.29 is 22.7 Å². The zero-order valence-corrected chi connectivity index (χ0v) is 13.5. The number of hydrogen-bond acceptors (Lipinski definition) is 3. The van der Waals surface area contributed by atoms with E-state index >= 15 is 0 Å². The van der Waals surface area contributed by atoms with Crippen LogP contribution in [0.2, 0.25) is 0 Å². The van der Waals surface area contributed by atoms with Gasteiger partial charge in [0.05, 0.1) is 18.1 Å². The smallest absolute Gasteiger partial charge is 0.416 e. The number of nitrogens with one attached hydrogen (secondary N) is 1. The van der Waals surface area contributed by atoms with Crippen LogP contribution >= 0.6 is 0 Å². The summed E-state index contributed by atoms with van der Waals surface area (Å²) in [6.07, 6.45) is -2.80. The molecule has 1 aromatic rings. The highest BCUT2D eigenvalue weighted by Gasteiger charge is 2.40. The van der Waals surface area contributed by atoms with E-state index in [1.165, 1.54) is 19.2 Å². The minimum atomic E-state index is -4.33. The minimum absolute atomic E-state index is 0.0556. The molecular formula is C17H22F3NO2. The van der Waals surface area contributed by atoms with Crippen molar-refractivity contribution in [3.63, 3.8) is 0 Å². The molecule has 128 valence electrons. The van der Waals surface area contributed by atoms with Crippen molar-refractivity contribution in [1.29, 1.82) is 0 Å². The molecule has 6 heteroatoms. The average molecular weight is 329 g/mol. The molecular weight excluding hydrogens is 307 g/mol. The van der Waals surface area contributed by atoms with Gasteiger partial charge < -0.3 is 10.1 Å². The Morgan fingerprint density at radius 3 is 2.35 bits per heavy atom. The maximum Gasteiger partial charge on any atom is 0.416 e. The van der Waals surface area contributed by atoms with Crippen LogP contribution < -0.4 is 5.32 Å². The molecule has 3 nitrogen and oxygen atoms in total. The van der Waals surface area contributed by atoms with E-state index in [0.29, 0.717) is 6.42 Å². The largest absolute Gasteiger partial charge is 0.469 e. The van der Waals surface area contributed by atoms with Gasteiger partial charge in [0.1, 0.15) is 0 Å². The summed E-state index contributed by atoms with van der Waals surface area (Å²) in [6, 6.07) is 5.17. The molecule has 2 rings (SSSR count). The summed E-state index contributed by atoms with van der Waals surface area (Å²) in [6.45, 7) is 4.44. The maximum atomic E-state index is 12.6. The minimum Gasteiger partial charge on any atom is -0.469 e. The predicted molar refractivity (Wildman–Crippen MR) is 80.7 cm³/mol. The van der Waals surface area contributed by atoms with E-state index in [9.17, 15) is 18.0 Å². The van der Waals surface area contributed by atoms with Gasteiger partial charge in [-0.15, -0.1) is 0 Å². The molecule has 1 aliphatic rings. The topological polar surface area (TPSA) is 38.3 Å². The number of benzene rings is 1. The lowest BCUT2D eigenvalue weighted by Gasteiger charge is -2.38. The molecule has 0 bridgehead atoms. The average Bonchev–Trinajstić information content (AvgIpc) is 2.53. The van der Waals surface area contributed by atoms with Gasteiger partial charge in [0.25, 0.3) is 0 Å². The summed E-state index contributed by atoms with van der Waals surface area (Å²) in [5.74, 6) is -0.140. The molecule has 23 heavy (non-hydrogen) atoms. The second-order valence-corrected chi connectivity index (χ2v) is 6.56. The number of carbonyl (C=O) groups excluding carboxylic acids is 1. The van der Waals surface area contributed by atoms with Gasteiger partial charge >= 0.3 is 12.1 Å². The lowest BCUT2D eigenvalue weighted by molar-refractivity contribution is -0.154. The van der Waals surface area contributed by atoms with E-state index in [1.807, 2.05) is 13.8 Å². The van der Waals surface area contributed by atoms with E-state index in [2.05, 4.69) is 5.32 Å². The normalized spacial score (nSPS) is 22.7. The van der Waals surface area contributed by atoms with Crippen molar-refractivity contribution in [2.24, 2.45) is 11.3 Å². The maximum absolute atomic E-state index is 12.6. The van der Waals surface area contributed by atoms with Crippen LogP contribution in [0.25, 0.3) is 0 Å². The molecule has 0 spiro atoms. The summed E-state index contributed by atoms with van der Waals surface area (Å²) in [5, 5.41) is 3.32. The van der Waals surface area contributed by atoms with Crippen molar-refractivity contribution in [1.82, 2.24) is 5.32 Å².